The van der Waals surface area contributed by atoms with E-state index in [0.717, 1.165) is 25.5 Å². The molecule has 2 aliphatic rings. The Hall–Kier alpha value is -0.0800. The Morgan fingerprint density at radius 3 is 3.27 bits per heavy atom. The monoisotopic (exact) mass is 155 g/mol. The van der Waals surface area contributed by atoms with Crippen LogP contribution in [0.25, 0.3) is 0 Å². The molecule has 0 radical (unpaired) electrons. The van der Waals surface area contributed by atoms with Crippen molar-refractivity contribution in [2.24, 2.45) is 11.7 Å². The van der Waals surface area contributed by atoms with Crippen LogP contribution in [0.15, 0.2) is 0 Å². The first kappa shape index (κ1) is 7.56. The van der Waals surface area contributed by atoms with Crippen LogP contribution in [0.4, 0.5) is 0 Å². The second-order valence-corrected chi connectivity index (χ2v) is 4.00. The van der Waals surface area contributed by atoms with Gasteiger partial charge in [0.2, 0.25) is 0 Å². The number of hydrogen-bond donors (Lipinski definition) is 1. The molecule has 2 N–H and O–H groups in total. The van der Waals surface area contributed by atoms with Crippen LogP contribution in [-0.2, 0) is 4.74 Å². The zero-order valence-electron chi connectivity index (χ0n) is 7.01. The van der Waals surface area contributed by atoms with Crippen LogP contribution in [0.3, 0.4) is 0 Å². The Balaban J connectivity index is 2.01. The predicted octanol–water partition coefficient (Wildman–Crippen LogP) is 1.29. The van der Waals surface area contributed by atoms with Gasteiger partial charge < -0.3 is 10.5 Å². The van der Waals surface area contributed by atoms with E-state index in [1.807, 2.05) is 0 Å². The smallest absolute Gasteiger partial charge is 0.0698 e. The lowest BCUT2D eigenvalue weighted by atomic mass is 9.79. The van der Waals surface area contributed by atoms with Gasteiger partial charge in [0, 0.05) is 0 Å². The molecule has 0 aromatic carbocycles. The average molecular weight is 155 g/mol. The molecule has 1 aliphatic heterocycles. The van der Waals surface area contributed by atoms with E-state index in [1.165, 1.54) is 25.7 Å². The molecule has 0 spiro atoms. The topological polar surface area (TPSA) is 35.2 Å². The standard InChI is InChI=1S/C9H17NO/c10-5-4-9-3-1-2-8(6-9)7-11-9/h8H,1-7,10H2. The van der Waals surface area contributed by atoms with Crippen molar-refractivity contribution >= 4 is 0 Å². The Morgan fingerprint density at radius 1 is 1.55 bits per heavy atom. The van der Waals surface area contributed by atoms with Crippen molar-refractivity contribution in [2.45, 2.75) is 37.7 Å². The molecule has 2 heteroatoms. The van der Waals surface area contributed by atoms with E-state index in [-0.39, 0.29) is 5.60 Å². The average Bonchev–Trinajstić information content (AvgIpc) is 2.28. The van der Waals surface area contributed by atoms with Gasteiger partial charge >= 0.3 is 0 Å². The second kappa shape index (κ2) is 2.76. The van der Waals surface area contributed by atoms with Gasteiger partial charge in [0.1, 0.15) is 0 Å². The molecule has 2 unspecified atom stereocenters. The zero-order chi connectivity index (χ0) is 7.73. The normalized spacial score (nSPS) is 42.8. The second-order valence-electron chi connectivity index (χ2n) is 4.00. The summed E-state index contributed by atoms with van der Waals surface area (Å²) in [6.45, 7) is 1.78. The first-order valence-electron chi connectivity index (χ1n) is 4.69. The molecule has 0 aromatic heterocycles. The number of nitrogens with two attached hydrogens (primary N) is 1. The maximum Gasteiger partial charge on any atom is 0.0698 e. The summed E-state index contributed by atoms with van der Waals surface area (Å²) >= 11 is 0. The molecule has 2 fully saturated rings. The van der Waals surface area contributed by atoms with Crippen molar-refractivity contribution in [1.29, 1.82) is 0 Å². The molecule has 0 amide bonds. The van der Waals surface area contributed by atoms with Gasteiger partial charge in [-0.1, -0.05) is 6.42 Å². The highest BCUT2D eigenvalue weighted by molar-refractivity contribution is 4.93. The number of rotatable bonds is 2. The van der Waals surface area contributed by atoms with E-state index in [0.29, 0.717) is 0 Å². The van der Waals surface area contributed by atoms with Gasteiger partial charge in [-0.15, -0.1) is 0 Å². The summed E-state index contributed by atoms with van der Waals surface area (Å²) < 4.78 is 5.82. The van der Waals surface area contributed by atoms with Crippen molar-refractivity contribution in [1.82, 2.24) is 0 Å². The lowest BCUT2D eigenvalue weighted by molar-refractivity contribution is -0.00662. The van der Waals surface area contributed by atoms with Crippen LogP contribution in [0.5, 0.6) is 0 Å². The van der Waals surface area contributed by atoms with Crippen LogP contribution in [-0.4, -0.2) is 18.8 Å². The molecule has 11 heavy (non-hydrogen) atoms. The fourth-order valence-corrected chi connectivity index (χ4v) is 2.57. The fraction of sp³-hybridized carbons (Fsp3) is 1.00. The van der Waals surface area contributed by atoms with Gasteiger partial charge in [-0.2, -0.15) is 0 Å². The fourth-order valence-electron chi connectivity index (χ4n) is 2.57. The summed E-state index contributed by atoms with van der Waals surface area (Å²) in [5, 5.41) is 0. The Bertz CT molecular complexity index is 139. The highest BCUT2D eigenvalue weighted by Crippen LogP contribution is 2.43. The molecule has 1 heterocycles. The van der Waals surface area contributed by atoms with Crippen LogP contribution < -0.4 is 5.73 Å². The van der Waals surface area contributed by atoms with Gasteiger partial charge in [0.05, 0.1) is 12.2 Å². The lowest BCUT2D eigenvalue weighted by Gasteiger charge is -2.30. The summed E-state index contributed by atoms with van der Waals surface area (Å²) in [4.78, 5) is 0. The van der Waals surface area contributed by atoms with E-state index in [9.17, 15) is 0 Å². The van der Waals surface area contributed by atoms with Gasteiger partial charge in [0.15, 0.2) is 0 Å². The minimum atomic E-state index is 0.220. The molecule has 2 bridgehead atoms. The van der Waals surface area contributed by atoms with Gasteiger partial charge in [-0.25, -0.2) is 0 Å². The molecule has 2 rings (SSSR count). The van der Waals surface area contributed by atoms with Crippen molar-refractivity contribution in [2.75, 3.05) is 13.2 Å². The van der Waals surface area contributed by atoms with E-state index in [2.05, 4.69) is 0 Å². The molecule has 1 saturated carbocycles. The largest absolute Gasteiger partial charge is 0.375 e. The summed E-state index contributed by atoms with van der Waals surface area (Å²) in [6.07, 6.45) is 6.34. The van der Waals surface area contributed by atoms with Crippen LogP contribution in [0.1, 0.15) is 32.1 Å². The highest BCUT2D eigenvalue weighted by atomic mass is 16.5. The number of fused-ring (bicyclic) bond motifs is 2. The van der Waals surface area contributed by atoms with E-state index in [1.54, 1.807) is 0 Å². The van der Waals surface area contributed by atoms with Crippen molar-refractivity contribution in [3.63, 3.8) is 0 Å². The molecule has 2 nitrogen and oxygen atoms in total. The van der Waals surface area contributed by atoms with Crippen molar-refractivity contribution in [3.8, 4) is 0 Å². The van der Waals surface area contributed by atoms with Crippen molar-refractivity contribution in [3.05, 3.63) is 0 Å². The van der Waals surface area contributed by atoms with Crippen LogP contribution in [0.2, 0.25) is 0 Å². The molecule has 1 saturated heterocycles. The molecule has 2 atom stereocenters. The lowest BCUT2D eigenvalue weighted by Crippen LogP contribution is -2.32. The SMILES string of the molecule is NCCC12CCCC(CO1)C2. The zero-order valence-corrected chi connectivity index (χ0v) is 7.01. The first-order chi connectivity index (χ1) is 5.35. The molecule has 64 valence electrons. The van der Waals surface area contributed by atoms with Crippen LogP contribution in [0, 0.1) is 5.92 Å². The third-order valence-electron chi connectivity index (χ3n) is 3.13. The van der Waals surface area contributed by atoms with Gasteiger partial charge in [-0.05, 0) is 38.1 Å². The Morgan fingerprint density at radius 2 is 2.45 bits per heavy atom. The van der Waals surface area contributed by atoms with Gasteiger partial charge in [0.25, 0.3) is 0 Å². The summed E-state index contributed by atoms with van der Waals surface area (Å²) in [5.74, 6) is 0.857. The maximum absolute atomic E-state index is 5.82. The first-order valence-corrected chi connectivity index (χ1v) is 4.69. The summed E-state index contributed by atoms with van der Waals surface area (Å²) in [5.41, 5.74) is 5.78. The molecular formula is C9H17NO. The predicted molar refractivity (Wildman–Crippen MR) is 44.3 cm³/mol. The quantitative estimate of drug-likeness (QED) is 0.652. The van der Waals surface area contributed by atoms with Gasteiger partial charge in [-0.3, -0.25) is 0 Å². The van der Waals surface area contributed by atoms with Crippen molar-refractivity contribution < 1.29 is 4.74 Å². The highest BCUT2D eigenvalue weighted by Gasteiger charge is 2.42. The number of ether oxygens (including phenoxy) is 1. The third-order valence-corrected chi connectivity index (χ3v) is 3.13. The molecule has 0 aromatic rings. The van der Waals surface area contributed by atoms with E-state index >= 15 is 0 Å². The summed E-state index contributed by atoms with van der Waals surface area (Å²) in [6, 6.07) is 0. The maximum atomic E-state index is 5.82. The molecular weight excluding hydrogens is 138 g/mol. The van der Waals surface area contributed by atoms with E-state index < -0.39 is 0 Å². The molecule has 1 aliphatic carbocycles. The number of hydrogen-bond acceptors (Lipinski definition) is 2. The Kier molecular flexibility index (Phi) is 1.90. The third kappa shape index (κ3) is 1.30. The van der Waals surface area contributed by atoms with E-state index in [4.69, 9.17) is 10.5 Å². The minimum absolute atomic E-state index is 0.220. The minimum Gasteiger partial charge on any atom is -0.375 e. The van der Waals surface area contributed by atoms with Crippen LogP contribution >= 0.6 is 0 Å². The Labute approximate surface area is 68.1 Å². The summed E-state index contributed by atoms with van der Waals surface area (Å²) in [7, 11) is 0.